The molecule has 11 nitrogen and oxygen atoms in total. The van der Waals surface area contributed by atoms with Gasteiger partial charge in [-0.3, -0.25) is 14.4 Å². The highest BCUT2D eigenvalue weighted by atomic mass is 32.2. The highest BCUT2D eigenvalue weighted by molar-refractivity contribution is 7.98. The van der Waals surface area contributed by atoms with Gasteiger partial charge in [-0.25, -0.2) is 4.79 Å². The van der Waals surface area contributed by atoms with E-state index in [1.54, 1.807) is 19.2 Å². The number of fused-ring (bicyclic) bond motifs is 3. The second kappa shape index (κ2) is 15.7. The zero-order chi connectivity index (χ0) is 32.6. The summed E-state index contributed by atoms with van der Waals surface area (Å²) in [6.07, 6.45) is 3.58. The van der Waals surface area contributed by atoms with Crippen molar-refractivity contribution in [2.75, 3.05) is 38.7 Å². The van der Waals surface area contributed by atoms with Crippen LogP contribution in [-0.2, 0) is 20.8 Å². The number of amides is 2. The Morgan fingerprint density at radius 3 is 2.32 bits per heavy atom. The molecular weight excluding hydrogens is 586 g/mol. The van der Waals surface area contributed by atoms with Gasteiger partial charge in [-0.05, 0) is 78.5 Å². The van der Waals surface area contributed by atoms with Gasteiger partial charge in [-0.1, -0.05) is 19.9 Å². The summed E-state index contributed by atoms with van der Waals surface area (Å²) in [7, 11) is 4.59. The van der Waals surface area contributed by atoms with E-state index in [1.807, 2.05) is 26.2 Å². The molecule has 0 fully saturated rings. The van der Waals surface area contributed by atoms with Gasteiger partial charge in [0.25, 0.3) is 0 Å². The average molecular weight is 630 g/mol. The van der Waals surface area contributed by atoms with Crippen molar-refractivity contribution < 1.29 is 33.7 Å². The van der Waals surface area contributed by atoms with Crippen LogP contribution in [0.3, 0.4) is 0 Å². The lowest BCUT2D eigenvalue weighted by molar-refractivity contribution is -0.142. The van der Waals surface area contributed by atoms with E-state index in [0.717, 1.165) is 5.56 Å². The standard InChI is InChI=1S/C32H43N3O8S/c1-17(2)14-25(31(38)35-24(32(39)40)12-13-44-7)34-23-11-9-20-21(16-26(23)37)22(33-18(3)36)10-8-19-15-27(41-4)29(42-5)30(43-6)28(19)20/h9,11,15-17,22,24-25H,8,10,12-14H2,1-7H3,(H,33,36)(H,34,37)(H,35,38)(H,39,40)/t22-,24-,25-/m0/s1. The van der Waals surface area contributed by atoms with E-state index in [-0.39, 0.29) is 29.4 Å². The fourth-order valence-electron chi connectivity index (χ4n) is 5.48. The van der Waals surface area contributed by atoms with Crippen LogP contribution in [0.4, 0.5) is 5.69 Å². The molecular formula is C32H43N3O8S. The molecule has 2 aromatic carbocycles. The number of hydrogen-bond donors (Lipinski definition) is 4. The van der Waals surface area contributed by atoms with Crippen LogP contribution in [0.1, 0.15) is 57.2 Å². The van der Waals surface area contributed by atoms with E-state index < -0.39 is 30.0 Å². The van der Waals surface area contributed by atoms with Crippen molar-refractivity contribution in [1.29, 1.82) is 0 Å². The lowest BCUT2D eigenvalue weighted by Gasteiger charge is -2.23. The molecule has 0 radical (unpaired) electrons. The Bertz CT molecular complexity index is 1430. The molecule has 4 N–H and O–H groups in total. The fourth-order valence-corrected chi connectivity index (χ4v) is 5.95. The summed E-state index contributed by atoms with van der Waals surface area (Å²) in [5, 5.41) is 18.4. The Hall–Kier alpha value is -3.93. The topological polar surface area (TPSA) is 152 Å². The monoisotopic (exact) mass is 629 g/mol. The van der Waals surface area contributed by atoms with Gasteiger partial charge in [0.2, 0.25) is 23.0 Å². The molecule has 0 unspecified atom stereocenters. The molecule has 0 aliphatic heterocycles. The number of nitrogens with one attached hydrogen (secondary N) is 3. The molecule has 0 bridgehead atoms. The molecule has 240 valence electrons. The molecule has 2 amide bonds. The van der Waals surface area contributed by atoms with Gasteiger partial charge in [-0.2, -0.15) is 11.8 Å². The number of methoxy groups -OCH3 is 3. The number of carbonyl (C=O) groups is 3. The molecule has 3 rings (SSSR count). The second-order valence-electron chi connectivity index (χ2n) is 11.1. The maximum absolute atomic E-state index is 13.8. The van der Waals surface area contributed by atoms with Gasteiger partial charge < -0.3 is 35.3 Å². The van der Waals surface area contributed by atoms with Crippen LogP contribution in [0.5, 0.6) is 17.2 Å². The minimum atomic E-state index is -1.11. The summed E-state index contributed by atoms with van der Waals surface area (Å²) >= 11 is 1.49. The number of hydrogen-bond acceptors (Lipinski definition) is 9. The normalized spacial score (nSPS) is 15.1. The Kier molecular flexibility index (Phi) is 12.3. The first-order valence-corrected chi connectivity index (χ1v) is 15.9. The predicted octanol–water partition coefficient (Wildman–Crippen LogP) is 4.01. The quantitative estimate of drug-likeness (QED) is 0.241. The van der Waals surface area contributed by atoms with Gasteiger partial charge in [0.1, 0.15) is 12.1 Å². The smallest absolute Gasteiger partial charge is 0.326 e. The molecule has 0 aromatic heterocycles. The summed E-state index contributed by atoms with van der Waals surface area (Å²) in [6, 6.07) is 4.35. The SMILES string of the molecule is COc1cc2c(c(OC)c1OC)-c1ccc(N[C@@H](CC(C)C)C(=O)N[C@@H](CCSC)C(=O)O)c(=O)cc1[C@@H](NC(C)=O)CC2. The Morgan fingerprint density at radius 2 is 1.75 bits per heavy atom. The lowest BCUT2D eigenvalue weighted by Crippen LogP contribution is -2.48. The number of carboxylic acid groups (broad SMARTS) is 1. The first-order valence-electron chi connectivity index (χ1n) is 14.5. The van der Waals surface area contributed by atoms with Crippen LogP contribution in [0.2, 0.25) is 0 Å². The summed E-state index contributed by atoms with van der Waals surface area (Å²) in [5.74, 6) is 0.110. The number of aliphatic carboxylic acids is 1. The minimum absolute atomic E-state index is 0.0692. The fraction of sp³-hybridized carbons (Fsp3) is 0.500. The number of benzene rings is 1. The van der Waals surface area contributed by atoms with Crippen molar-refractivity contribution >= 4 is 35.2 Å². The van der Waals surface area contributed by atoms with Gasteiger partial charge >= 0.3 is 5.97 Å². The summed E-state index contributed by atoms with van der Waals surface area (Å²) in [4.78, 5) is 51.2. The molecule has 0 saturated carbocycles. The van der Waals surface area contributed by atoms with Crippen LogP contribution in [-0.4, -0.2) is 68.3 Å². The number of ether oxygens (including phenoxy) is 3. The molecule has 44 heavy (non-hydrogen) atoms. The van der Waals surface area contributed by atoms with Crippen LogP contribution < -0.4 is 35.6 Å². The van der Waals surface area contributed by atoms with E-state index in [1.165, 1.54) is 39.0 Å². The zero-order valence-corrected chi connectivity index (χ0v) is 27.2. The maximum Gasteiger partial charge on any atom is 0.326 e. The highest BCUT2D eigenvalue weighted by Gasteiger charge is 2.30. The van der Waals surface area contributed by atoms with Crippen LogP contribution in [0.25, 0.3) is 11.1 Å². The number of anilines is 1. The van der Waals surface area contributed by atoms with Gasteiger partial charge in [0, 0.05) is 12.5 Å². The third-order valence-electron chi connectivity index (χ3n) is 7.49. The maximum atomic E-state index is 13.8. The highest BCUT2D eigenvalue weighted by Crippen LogP contribution is 2.50. The Labute approximate surface area is 262 Å². The van der Waals surface area contributed by atoms with E-state index in [9.17, 15) is 24.3 Å². The second-order valence-corrected chi connectivity index (χ2v) is 12.1. The summed E-state index contributed by atoms with van der Waals surface area (Å²) < 4.78 is 17.1. The van der Waals surface area contributed by atoms with Gasteiger partial charge in [0.05, 0.1) is 33.1 Å². The van der Waals surface area contributed by atoms with Crippen molar-refractivity contribution in [3.8, 4) is 28.4 Å². The van der Waals surface area contributed by atoms with E-state index in [4.69, 9.17) is 14.2 Å². The van der Waals surface area contributed by atoms with E-state index >= 15 is 0 Å². The average Bonchev–Trinajstić information content (AvgIpc) is 3.21. The largest absolute Gasteiger partial charge is 0.493 e. The third-order valence-corrected chi connectivity index (χ3v) is 8.14. The van der Waals surface area contributed by atoms with Crippen molar-refractivity contribution in [3.05, 3.63) is 45.6 Å². The zero-order valence-electron chi connectivity index (χ0n) is 26.4. The number of aryl methyl sites for hydroxylation is 1. The number of thioether (sulfide) groups is 1. The Morgan fingerprint density at radius 1 is 1.05 bits per heavy atom. The Balaban J connectivity index is 2.17. The third kappa shape index (κ3) is 8.16. The van der Waals surface area contributed by atoms with Crippen molar-refractivity contribution in [2.24, 2.45) is 5.92 Å². The lowest BCUT2D eigenvalue weighted by atomic mass is 9.95. The van der Waals surface area contributed by atoms with Crippen LogP contribution in [0, 0.1) is 5.92 Å². The van der Waals surface area contributed by atoms with Crippen molar-refractivity contribution in [3.63, 3.8) is 0 Å². The number of carbonyl (C=O) groups excluding carboxylic acids is 2. The molecule has 1 aliphatic rings. The van der Waals surface area contributed by atoms with Crippen molar-refractivity contribution in [1.82, 2.24) is 10.6 Å². The minimum Gasteiger partial charge on any atom is -0.493 e. The predicted molar refractivity (Wildman–Crippen MR) is 172 cm³/mol. The summed E-state index contributed by atoms with van der Waals surface area (Å²) in [6.45, 7) is 5.31. The molecule has 0 heterocycles. The number of rotatable bonds is 14. The molecule has 2 aromatic rings. The molecule has 0 saturated heterocycles. The summed E-state index contributed by atoms with van der Waals surface area (Å²) in [5.41, 5.74) is 2.64. The first kappa shape index (κ1) is 34.6. The molecule has 3 atom stereocenters. The molecule has 1 aliphatic carbocycles. The van der Waals surface area contributed by atoms with Gasteiger partial charge in [0.15, 0.2) is 11.5 Å². The van der Waals surface area contributed by atoms with E-state index in [0.29, 0.717) is 59.0 Å². The van der Waals surface area contributed by atoms with Crippen LogP contribution >= 0.6 is 11.8 Å². The van der Waals surface area contributed by atoms with Crippen molar-refractivity contribution in [2.45, 2.75) is 64.6 Å². The first-order chi connectivity index (χ1) is 20.9. The molecule has 12 heteroatoms. The van der Waals surface area contributed by atoms with E-state index in [2.05, 4.69) is 16.0 Å². The number of carboxylic acids is 1. The van der Waals surface area contributed by atoms with Crippen LogP contribution in [0.15, 0.2) is 29.1 Å². The molecule has 0 spiro atoms. The van der Waals surface area contributed by atoms with Gasteiger partial charge in [-0.15, -0.1) is 0 Å².